The summed E-state index contributed by atoms with van der Waals surface area (Å²) in [7, 11) is 0. The van der Waals surface area contributed by atoms with E-state index < -0.39 is 11.6 Å². The quantitative estimate of drug-likeness (QED) is 0.831. The Morgan fingerprint density at radius 2 is 1.74 bits per heavy atom. The van der Waals surface area contributed by atoms with Gasteiger partial charge in [-0.2, -0.15) is 0 Å². The summed E-state index contributed by atoms with van der Waals surface area (Å²) >= 11 is 3.29. The zero-order valence-electron chi connectivity index (χ0n) is 10.1. The molecular weight excluding hydrogens is 319 g/mol. The van der Waals surface area contributed by atoms with Crippen LogP contribution in [0.15, 0.2) is 40.9 Å². The molecule has 0 aromatic heterocycles. The standard InChI is InChI=1S/C14H11BrF3N/c1-8(9-2-5-12(17)13(18)6-9)19-14-7-10(16)3-4-11(14)15/h2-8,19H,1H3. The molecule has 0 spiro atoms. The lowest BCUT2D eigenvalue weighted by Crippen LogP contribution is -2.08. The van der Waals surface area contributed by atoms with Crippen molar-refractivity contribution in [2.24, 2.45) is 0 Å². The zero-order valence-corrected chi connectivity index (χ0v) is 11.6. The van der Waals surface area contributed by atoms with Gasteiger partial charge >= 0.3 is 0 Å². The maximum Gasteiger partial charge on any atom is 0.159 e. The fourth-order valence-corrected chi connectivity index (χ4v) is 2.07. The van der Waals surface area contributed by atoms with E-state index in [0.29, 0.717) is 15.7 Å². The number of rotatable bonds is 3. The Morgan fingerprint density at radius 1 is 1.00 bits per heavy atom. The highest BCUT2D eigenvalue weighted by atomic mass is 79.9. The third-order valence-corrected chi connectivity index (χ3v) is 3.44. The fraction of sp³-hybridized carbons (Fsp3) is 0.143. The lowest BCUT2D eigenvalue weighted by molar-refractivity contribution is 0.506. The molecule has 2 aromatic rings. The van der Waals surface area contributed by atoms with E-state index in [1.165, 1.54) is 18.2 Å². The van der Waals surface area contributed by atoms with Crippen molar-refractivity contribution in [3.05, 3.63) is 63.9 Å². The summed E-state index contributed by atoms with van der Waals surface area (Å²) < 4.78 is 39.8. The van der Waals surface area contributed by atoms with Gasteiger partial charge < -0.3 is 5.32 Å². The van der Waals surface area contributed by atoms with Gasteiger partial charge in [0.2, 0.25) is 0 Å². The molecule has 19 heavy (non-hydrogen) atoms. The maximum absolute atomic E-state index is 13.1. The van der Waals surface area contributed by atoms with Gasteiger partial charge in [0.25, 0.3) is 0 Å². The summed E-state index contributed by atoms with van der Waals surface area (Å²) in [6, 6.07) is 7.65. The van der Waals surface area contributed by atoms with Crippen molar-refractivity contribution in [2.45, 2.75) is 13.0 Å². The Kier molecular flexibility index (Phi) is 4.14. The second kappa shape index (κ2) is 5.65. The molecule has 0 saturated heterocycles. The zero-order chi connectivity index (χ0) is 14.0. The average Bonchev–Trinajstić information content (AvgIpc) is 2.37. The molecular formula is C14H11BrF3N. The second-order valence-corrected chi connectivity index (χ2v) is 5.02. The van der Waals surface area contributed by atoms with E-state index in [-0.39, 0.29) is 11.9 Å². The van der Waals surface area contributed by atoms with Crippen LogP contribution in [0.4, 0.5) is 18.9 Å². The van der Waals surface area contributed by atoms with Crippen LogP contribution >= 0.6 is 15.9 Å². The molecule has 1 atom stereocenters. The van der Waals surface area contributed by atoms with Crippen LogP contribution in [0.25, 0.3) is 0 Å². The monoisotopic (exact) mass is 329 g/mol. The molecule has 0 aliphatic rings. The van der Waals surface area contributed by atoms with E-state index in [1.54, 1.807) is 13.0 Å². The second-order valence-electron chi connectivity index (χ2n) is 4.16. The van der Waals surface area contributed by atoms with Gasteiger partial charge in [-0.3, -0.25) is 0 Å². The molecule has 1 nitrogen and oxygen atoms in total. The normalized spacial score (nSPS) is 12.3. The summed E-state index contributed by atoms with van der Waals surface area (Å²) in [6.07, 6.45) is 0. The SMILES string of the molecule is CC(Nc1cc(F)ccc1Br)c1ccc(F)c(F)c1. The molecule has 0 aliphatic carbocycles. The van der Waals surface area contributed by atoms with Crippen LogP contribution < -0.4 is 5.32 Å². The number of halogens is 4. The molecule has 100 valence electrons. The molecule has 0 amide bonds. The van der Waals surface area contributed by atoms with Crippen LogP contribution in [-0.4, -0.2) is 0 Å². The van der Waals surface area contributed by atoms with Crippen LogP contribution in [0.1, 0.15) is 18.5 Å². The number of hydrogen-bond donors (Lipinski definition) is 1. The summed E-state index contributed by atoms with van der Waals surface area (Å²) in [6.45, 7) is 1.78. The Labute approximate surface area is 117 Å². The third kappa shape index (κ3) is 3.29. The van der Waals surface area contributed by atoms with Crippen LogP contribution in [0, 0.1) is 17.5 Å². The Morgan fingerprint density at radius 3 is 2.42 bits per heavy atom. The number of anilines is 1. The Balaban J connectivity index is 2.22. The highest BCUT2D eigenvalue weighted by Crippen LogP contribution is 2.27. The number of nitrogens with one attached hydrogen (secondary N) is 1. The first-order chi connectivity index (χ1) is 8.97. The van der Waals surface area contributed by atoms with E-state index in [2.05, 4.69) is 21.2 Å². The molecule has 1 N–H and O–H groups in total. The van der Waals surface area contributed by atoms with Crippen molar-refractivity contribution in [3.8, 4) is 0 Å². The first kappa shape index (κ1) is 13.9. The largest absolute Gasteiger partial charge is 0.378 e. The highest BCUT2D eigenvalue weighted by molar-refractivity contribution is 9.10. The number of hydrogen-bond acceptors (Lipinski definition) is 1. The van der Waals surface area contributed by atoms with E-state index in [4.69, 9.17) is 0 Å². The van der Waals surface area contributed by atoms with Gasteiger partial charge in [-0.15, -0.1) is 0 Å². The third-order valence-electron chi connectivity index (χ3n) is 2.74. The van der Waals surface area contributed by atoms with Crippen molar-refractivity contribution in [1.82, 2.24) is 0 Å². The summed E-state index contributed by atoms with van der Waals surface area (Å²) in [5, 5.41) is 3.04. The van der Waals surface area contributed by atoms with Crippen LogP contribution in [-0.2, 0) is 0 Å². The van der Waals surface area contributed by atoms with Gasteiger partial charge in [0.1, 0.15) is 5.82 Å². The van der Waals surface area contributed by atoms with E-state index in [9.17, 15) is 13.2 Å². The van der Waals surface area contributed by atoms with Gasteiger partial charge in [0, 0.05) is 10.5 Å². The van der Waals surface area contributed by atoms with Gasteiger partial charge in [-0.05, 0) is 58.7 Å². The van der Waals surface area contributed by atoms with Crippen LogP contribution in [0.5, 0.6) is 0 Å². The first-order valence-corrected chi connectivity index (χ1v) is 6.43. The predicted molar refractivity (Wildman–Crippen MR) is 72.5 cm³/mol. The van der Waals surface area contributed by atoms with E-state index in [0.717, 1.165) is 12.1 Å². The Hall–Kier alpha value is -1.49. The summed E-state index contributed by atoms with van der Waals surface area (Å²) in [4.78, 5) is 0. The molecule has 0 fully saturated rings. The van der Waals surface area contributed by atoms with Gasteiger partial charge in [0.05, 0.1) is 5.69 Å². The molecule has 0 heterocycles. The maximum atomic E-state index is 13.1. The van der Waals surface area contributed by atoms with Crippen LogP contribution in [0.3, 0.4) is 0 Å². The lowest BCUT2D eigenvalue weighted by Gasteiger charge is -2.17. The molecule has 5 heteroatoms. The van der Waals surface area contributed by atoms with E-state index >= 15 is 0 Å². The topological polar surface area (TPSA) is 12.0 Å². The minimum absolute atomic E-state index is 0.284. The van der Waals surface area contributed by atoms with Gasteiger partial charge in [0.15, 0.2) is 11.6 Å². The van der Waals surface area contributed by atoms with Crippen molar-refractivity contribution >= 4 is 21.6 Å². The summed E-state index contributed by atoms with van der Waals surface area (Å²) in [5.74, 6) is -2.16. The molecule has 0 bridgehead atoms. The molecule has 2 rings (SSSR count). The van der Waals surface area contributed by atoms with Crippen molar-refractivity contribution in [3.63, 3.8) is 0 Å². The fourth-order valence-electron chi connectivity index (χ4n) is 1.71. The smallest absolute Gasteiger partial charge is 0.159 e. The molecule has 0 saturated carbocycles. The molecule has 0 radical (unpaired) electrons. The van der Waals surface area contributed by atoms with Gasteiger partial charge in [-0.1, -0.05) is 6.07 Å². The summed E-state index contributed by atoms with van der Waals surface area (Å²) in [5.41, 5.74) is 1.13. The van der Waals surface area contributed by atoms with Crippen molar-refractivity contribution < 1.29 is 13.2 Å². The predicted octanol–water partition coefficient (Wildman–Crippen LogP) is 5.04. The number of benzene rings is 2. The minimum Gasteiger partial charge on any atom is -0.378 e. The Bertz CT molecular complexity index is 601. The first-order valence-electron chi connectivity index (χ1n) is 5.64. The lowest BCUT2D eigenvalue weighted by atomic mass is 10.1. The molecule has 2 aromatic carbocycles. The van der Waals surface area contributed by atoms with E-state index in [1.807, 2.05) is 0 Å². The molecule has 0 aliphatic heterocycles. The molecule has 1 unspecified atom stereocenters. The average molecular weight is 330 g/mol. The van der Waals surface area contributed by atoms with Crippen LogP contribution in [0.2, 0.25) is 0 Å². The van der Waals surface area contributed by atoms with Crippen molar-refractivity contribution in [1.29, 1.82) is 0 Å². The van der Waals surface area contributed by atoms with Crippen molar-refractivity contribution in [2.75, 3.05) is 5.32 Å². The highest BCUT2D eigenvalue weighted by Gasteiger charge is 2.11. The minimum atomic E-state index is -0.899. The van der Waals surface area contributed by atoms with Gasteiger partial charge in [-0.25, -0.2) is 13.2 Å².